The highest BCUT2D eigenvalue weighted by molar-refractivity contribution is 4.98. The van der Waals surface area contributed by atoms with Crippen LogP contribution in [-0.2, 0) is 0 Å². The van der Waals surface area contributed by atoms with Gasteiger partial charge >= 0.3 is 0 Å². The van der Waals surface area contributed by atoms with Crippen LogP contribution in [0.2, 0.25) is 0 Å². The molecule has 0 unspecified atom stereocenters. The van der Waals surface area contributed by atoms with Gasteiger partial charge in [0.15, 0.2) is 0 Å². The highest BCUT2D eigenvalue weighted by atomic mass is 14.4. The van der Waals surface area contributed by atoms with Gasteiger partial charge in [-0.25, -0.2) is 0 Å². The Labute approximate surface area is 826 Å². The number of hydrogen-bond donors (Lipinski definition) is 0. The van der Waals surface area contributed by atoms with Crippen LogP contribution in [0.5, 0.6) is 0 Å². The summed E-state index contributed by atoms with van der Waals surface area (Å²) < 4.78 is 0. The first-order valence-electron chi connectivity index (χ1n) is 59.3. The molecule has 0 N–H and O–H groups in total. The summed E-state index contributed by atoms with van der Waals surface area (Å²) in [6, 6.07) is 0. The van der Waals surface area contributed by atoms with Crippen molar-refractivity contribution in [1.29, 1.82) is 0 Å². The van der Waals surface area contributed by atoms with Crippen molar-refractivity contribution in [3.8, 4) is 0 Å². The Morgan fingerprint density at radius 2 is 0.312 bits per heavy atom. The molecule has 0 heterocycles. The van der Waals surface area contributed by atoms with Crippen LogP contribution >= 0.6 is 0 Å². The number of allylic oxidation sites excluding steroid dienone is 12. The first kappa shape index (κ1) is 110. The van der Waals surface area contributed by atoms with E-state index < -0.39 is 0 Å². The Balaban J connectivity index is -0.000000241. The monoisotopic (exact) mass is 1790 g/mol. The third-order valence-electron chi connectivity index (χ3n) is 40.6. The van der Waals surface area contributed by atoms with Crippen LogP contribution < -0.4 is 0 Å². The Bertz CT molecular complexity index is 2770. The van der Waals surface area contributed by atoms with Gasteiger partial charge in [-0.1, -0.05) is 257 Å². The van der Waals surface area contributed by atoms with E-state index in [1.54, 1.807) is 64.2 Å². The molecule has 0 aromatic heterocycles. The fraction of sp³-hybridized carbons (Fsp3) is 0.875. The summed E-state index contributed by atoms with van der Waals surface area (Å²) in [7, 11) is 0. The summed E-state index contributed by atoms with van der Waals surface area (Å²) >= 11 is 0. The van der Waals surface area contributed by atoms with E-state index in [2.05, 4.69) is 182 Å². The molecule has 16 saturated carbocycles. The van der Waals surface area contributed by atoms with Crippen molar-refractivity contribution < 1.29 is 22.8 Å². The van der Waals surface area contributed by atoms with Gasteiger partial charge in [0.2, 0.25) is 0 Å². The first-order valence-corrected chi connectivity index (χ1v) is 59.3. The van der Waals surface area contributed by atoms with Crippen molar-refractivity contribution in [2.45, 2.75) is 520 Å². The second-order valence-electron chi connectivity index (χ2n) is 50.1. The van der Waals surface area contributed by atoms with Crippen LogP contribution in [0.3, 0.4) is 0 Å². The molecule has 0 atom stereocenters. The lowest BCUT2D eigenvalue weighted by molar-refractivity contribution is 0.148. The fourth-order valence-corrected chi connectivity index (χ4v) is 30.6. The Morgan fingerprint density at radius 3 is 0.453 bits per heavy atom. The minimum Gasteiger partial charge on any atom is -0.103 e. The van der Waals surface area contributed by atoms with Crippen LogP contribution in [0.4, 0.5) is 0 Å². The zero-order chi connectivity index (χ0) is 91.0. The molecule has 128 heavy (non-hydrogen) atoms. The zero-order valence-corrected chi connectivity index (χ0v) is 88.3. The molecule has 0 spiro atoms. The summed E-state index contributed by atoms with van der Waals surface area (Å²) in [6.45, 7) is 43.7. The van der Waals surface area contributed by atoms with E-state index in [4.69, 9.17) is 0 Å². The maximum atomic E-state index is 3.93. The normalized spacial score (nSPS) is 41.0. The molecular formula is C128H256. The molecule has 0 aromatic carbocycles. The molecule has 0 radical (unpaired) electrons. The van der Waals surface area contributed by atoms with Crippen LogP contribution in [0.1, 0.15) is 543 Å². The topological polar surface area (TPSA) is 0 Å². The summed E-state index contributed by atoms with van der Waals surface area (Å²) in [4.78, 5) is 0. The van der Waals surface area contributed by atoms with Crippen molar-refractivity contribution in [3.05, 3.63) is 99.2 Å². The largest absolute Gasteiger partial charge is 0.103 e. The molecule has 0 nitrogen and oxygen atoms in total. The van der Waals surface area contributed by atoms with E-state index in [9.17, 15) is 0 Å². The predicted octanol–water partition coefficient (Wildman–Crippen LogP) is 45.5. The lowest BCUT2D eigenvalue weighted by Gasteiger charge is -2.37. The maximum Gasteiger partial charge on any atom is 0 e. The average molecular weight is 1800 g/mol. The van der Waals surface area contributed by atoms with Crippen molar-refractivity contribution in [2.75, 3.05) is 0 Å². The van der Waals surface area contributed by atoms with Gasteiger partial charge in [0.05, 0.1) is 0 Å². The predicted molar refractivity (Wildman–Crippen MR) is 605 cm³/mol. The van der Waals surface area contributed by atoms with Gasteiger partial charge in [0.25, 0.3) is 0 Å². The molecule has 0 saturated heterocycles. The third-order valence-corrected chi connectivity index (χ3v) is 40.6. The SMILES string of the molecule is C/C=C/C1CCC(C2CCC(/C=C/C)CC2)CC1.C/C=C/C1CCC(C2CCC(C)CC2)CC1.C/C=C/CCC1CCC(C2CCC(C)CC2)CC1.C=CC1CCC(C2CCC(C)CC2)CC1.C=CC1CCC(C2CCC(C=C)CC2)CC1.C=CCCC1CCC(C2CCC(C)CC2)CC1.CC1CCC(C2CCC(C)CC2)CC1.CC1CCC(C2CCC(C)CC2)CC1.[HH].[HH].[HH].[HH].[HH].[HH].[HH].[HH].[HH].[HH].[HH].[HH].[HH].[HH].[HH].[HH]. The lowest BCUT2D eigenvalue weighted by Crippen LogP contribution is -2.25. The molecule has 768 valence electrons. The molecule has 0 amide bonds. The second kappa shape index (κ2) is 63.4. The standard InChI is InChI=1S/C18H32.C18H30.C17H30.C16H28.C16H26.C15H26.2C14H26.16H2/c1-3-4-5-6-16-9-13-18(14-10-16)17-11-7-15(2)8-12-17;1-3-5-15-7-11-17(12-8-15)18-13-9-16(6-4-2)10-14-18;1-3-4-5-15-8-12-17(13-9-15)16-10-6-14(2)7-11-16;1-3-4-14-7-11-16(12-8-14)15-9-5-13(2)6-10-15;1-3-13-5-9-15(10-6-13)16-11-7-14(4-2)8-12-16;1-3-13-6-10-15(11-7-13)14-8-4-12(2)5-9-14;2*1-11-3-7-13(8-4-11)14-9-5-12(2)6-10-14;;;;;;;;;;;;;;;;/h3-4,15-18H,5-14H2,1-2H3;3-6,15-18H,7-14H2,1-2H3;3,14-17H,1,4-13H2,2H3;3-4,13-16H,5-12H2,1-2H3;3-4,13-16H,1-2,5-12H2;3,12-15H,1,4-11H2,2H3;2*11-14H,3-10H2,1-2H3;16*1H/b4-3+;5-3+,6-4+;;4-3+;;;;;;;;;;;;;;;;;;;;. The van der Waals surface area contributed by atoms with Gasteiger partial charge in [0, 0.05) is 22.8 Å². The number of rotatable bonds is 20. The van der Waals surface area contributed by atoms with E-state index in [1.165, 1.54) is 372 Å². The van der Waals surface area contributed by atoms with E-state index in [0.29, 0.717) is 0 Å². The van der Waals surface area contributed by atoms with Gasteiger partial charge in [0.1, 0.15) is 0 Å². The zero-order valence-electron chi connectivity index (χ0n) is 88.3. The van der Waals surface area contributed by atoms with Crippen molar-refractivity contribution in [2.24, 2.45) is 189 Å². The van der Waals surface area contributed by atoms with Crippen LogP contribution in [0.15, 0.2) is 99.2 Å². The van der Waals surface area contributed by atoms with E-state index in [0.717, 1.165) is 189 Å². The first-order chi connectivity index (χ1) is 62.3. The number of hydrogen-bond acceptors (Lipinski definition) is 0. The summed E-state index contributed by atoms with van der Waals surface area (Å²) in [5, 5.41) is 0. The van der Waals surface area contributed by atoms with Crippen LogP contribution in [0, 0.1) is 189 Å². The van der Waals surface area contributed by atoms with E-state index >= 15 is 0 Å². The molecule has 0 aromatic rings. The minimum absolute atomic E-state index is 0. The van der Waals surface area contributed by atoms with Crippen LogP contribution in [-0.4, -0.2) is 0 Å². The maximum absolute atomic E-state index is 3.93. The highest BCUT2D eigenvalue weighted by Crippen LogP contribution is 2.51. The third kappa shape index (κ3) is 40.9. The molecule has 16 aliphatic carbocycles. The Hall–Kier alpha value is -2.08. The van der Waals surface area contributed by atoms with Gasteiger partial charge in [-0.3, -0.25) is 0 Å². The van der Waals surface area contributed by atoms with Crippen molar-refractivity contribution in [3.63, 3.8) is 0 Å². The van der Waals surface area contributed by atoms with E-state index in [-0.39, 0.29) is 22.8 Å². The van der Waals surface area contributed by atoms with E-state index in [1.807, 2.05) is 0 Å². The quantitative estimate of drug-likeness (QED) is 0.107. The molecule has 16 fully saturated rings. The van der Waals surface area contributed by atoms with Gasteiger partial charge < -0.3 is 0 Å². The highest BCUT2D eigenvalue weighted by Gasteiger charge is 2.38. The molecule has 16 rings (SSSR count). The average Bonchev–Trinajstić information content (AvgIpc) is 0.855. The molecule has 0 bridgehead atoms. The Kier molecular flexibility index (Phi) is 54.3. The lowest BCUT2D eigenvalue weighted by atomic mass is 9.69. The molecular weight excluding hydrogens is 1540 g/mol. The van der Waals surface area contributed by atoms with Gasteiger partial charge in [-0.2, -0.15) is 0 Å². The van der Waals surface area contributed by atoms with Gasteiger partial charge in [-0.15, -0.1) is 26.3 Å². The minimum atomic E-state index is 0. The van der Waals surface area contributed by atoms with Crippen molar-refractivity contribution >= 4 is 0 Å². The molecule has 16 aliphatic rings. The smallest absolute Gasteiger partial charge is 0 e. The fourth-order valence-electron chi connectivity index (χ4n) is 30.6. The molecule has 0 heteroatoms. The van der Waals surface area contributed by atoms with Crippen LogP contribution in [0.25, 0.3) is 0 Å². The van der Waals surface area contributed by atoms with Crippen molar-refractivity contribution in [1.82, 2.24) is 0 Å². The summed E-state index contributed by atoms with van der Waals surface area (Å²) in [6.07, 6.45) is 128. The Morgan fingerprint density at radius 1 is 0.172 bits per heavy atom. The molecule has 0 aliphatic heterocycles. The summed E-state index contributed by atoms with van der Waals surface area (Å²) in [5.74, 6) is 32.6. The second-order valence-corrected chi connectivity index (χ2v) is 50.1. The summed E-state index contributed by atoms with van der Waals surface area (Å²) in [5.41, 5.74) is 0. The van der Waals surface area contributed by atoms with Gasteiger partial charge in [-0.05, 0) is 525 Å².